The molecule has 0 bridgehead atoms. The zero-order valence-corrected chi connectivity index (χ0v) is 8.24. The van der Waals surface area contributed by atoms with Crippen LogP contribution in [0, 0.1) is 5.82 Å². The summed E-state index contributed by atoms with van der Waals surface area (Å²) in [5.41, 5.74) is 5.61. The molecular formula is C8H7ClFN3O2. The van der Waals surface area contributed by atoms with Crippen LogP contribution in [0.25, 0.3) is 0 Å². The van der Waals surface area contributed by atoms with E-state index in [0.29, 0.717) is 0 Å². The number of nitrogens with two attached hydrogens (primary N) is 1. The minimum absolute atomic E-state index is 0.152. The van der Waals surface area contributed by atoms with Crippen LogP contribution in [0.4, 0.5) is 4.39 Å². The molecule has 7 heteroatoms. The Hall–Kier alpha value is -1.69. The standard InChI is InChI=1S/C8H7ClFN3O2/c9-2-7(14)15-13-8(11)5-1-6(10)4-12-3-5/h1,3-4H,2H2,(H2,11,13). The van der Waals surface area contributed by atoms with Gasteiger partial charge < -0.3 is 10.6 Å². The lowest BCUT2D eigenvalue weighted by Gasteiger charge is -1.99. The highest BCUT2D eigenvalue weighted by atomic mass is 35.5. The smallest absolute Gasteiger partial charge is 0.349 e. The van der Waals surface area contributed by atoms with E-state index in [1.165, 1.54) is 6.20 Å². The molecule has 5 nitrogen and oxygen atoms in total. The van der Waals surface area contributed by atoms with Crippen LogP contribution in [0.15, 0.2) is 23.6 Å². The van der Waals surface area contributed by atoms with Crippen LogP contribution in [0.3, 0.4) is 0 Å². The Bertz CT molecular complexity index is 397. The SMILES string of the molecule is NC(=NOC(=O)CCl)c1cncc(F)c1. The number of amidine groups is 1. The molecule has 0 aliphatic rings. The number of carbonyl (C=O) groups excluding carboxylic acids is 1. The fraction of sp³-hybridized carbons (Fsp3) is 0.125. The molecule has 1 heterocycles. The third-order valence-corrected chi connectivity index (χ3v) is 1.57. The van der Waals surface area contributed by atoms with E-state index in [2.05, 4.69) is 15.0 Å². The van der Waals surface area contributed by atoms with Crippen LogP contribution in [0.2, 0.25) is 0 Å². The molecule has 1 rings (SSSR count). The average molecular weight is 232 g/mol. The van der Waals surface area contributed by atoms with E-state index in [0.717, 1.165) is 12.3 Å². The monoisotopic (exact) mass is 231 g/mol. The lowest BCUT2D eigenvalue weighted by atomic mass is 10.3. The fourth-order valence-corrected chi connectivity index (χ4v) is 0.778. The van der Waals surface area contributed by atoms with Crippen LogP contribution in [-0.2, 0) is 9.63 Å². The highest BCUT2D eigenvalue weighted by Gasteiger charge is 2.03. The van der Waals surface area contributed by atoms with Crippen molar-refractivity contribution in [2.75, 3.05) is 5.88 Å². The summed E-state index contributed by atoms with van der Waals surface area (Å²) in [6.45, 7) is 0. The molecule has 0 fully saturated rings. The number of hydrogen-bond donors (Lipinski definition) is 1. The molecule has 0 aromatic carbocycles. The van der Waals surface area contributed by atoms with Crippen molar-refractivity contribution in [1.82, 2.24) is 4.98 Å². The van der Waals surface area contributed by atoms with Gasteiger partial charge in [-0.05, 0) is 6.07 Å². The van der Waals surface area contributed by atoms with Gasteiger partial charge >= 0.3 is 5.97 Å². The molecule has 1 aromatic rings. The zero-order chi connectivity index (χ0) is 11.3. The summed E-state index contributed by atoms with van der Waals surface area (Å²) in [4.78, 5) is 18.4. The van der Waals surface area contributed by atoms with E-state index in [1.54, 1.807) is 0 Å². The van der Waals surface area contributed by atoms with Gasteiger partial charge in [-0.3, -0.25) is 4.98 Å². The lowest BCUT2D eigenvalue weighted by Crippen LogP contribution is -2.16. The molecule has 1 aromatic heterocycles. The van der Waals surface area contributed by atoms with Gasteiger partial charge in [0.2, 0.25) is 0 Å². The molecule has 0 spiro atoms. The predicted molar refractivity (Wildman–Crippen MR) is 51.7 cm³/mol. The van der Waals surface area contributed by atoms with Crippen LogP contribution >= 0.6 is 11.6 Å². The summed E-state index contributed by atoms with van der Waals surface area (Å²) in [6, 6.07) is 1.11. The van der Waals surface area contributed by atoms with Gasteiger partial charge in [0, 0.05) is 11.8 Å². The quantitative estimate of drug-likeness (QED) is 0.272. The first-order valence-corrected chi connectivity index (χ1v) is 4.37. The van der Waals surface area contributed by atoms with Gasteiger partial charge in [0.25, 0.3) is 0 Å². The Morgan fingerprint density at radius 3 is 3.00 bits per heavy atom. The Morgan fingerprint density at radius 1 is 1.67 bits per heavy atom. The topological polar surface area (TPSA) is 77.6 Å². The summed E-state index contributed by atoms with van der Waals surface area (Å²) in [7, 11) is 0. The molecule has 0 saturated heterocycles. The third kappa shape index (κ3) is 3.51. The highest BCUT2D eigenvalue weighted by Crippen LogP contribution is 2.00. The number of rotatable bonds is 3. The first-order valence-electron chi connectivity index (χ1n) is 3.83. The Balaban J connectivity index is 2.75. The summed E-state index contributed by atoms with van der Waals surface area (Å²) in [5.74, 6) is -1.79. The van der Waals surface area contributed by atoms with Gasteiger partial charge in [0.05, 0.1) is 6.20 Å². The van der Waals surface area contributed by atoms with Crippen LogP contribution < -0.4 is 5.73 Å². The van der Waals surface area contributed by atoms with Crippen molar-refractivity contribution in [2.45, 2.75) is 0 Å². The number of alkyl halides is 1. The van der Waals surface area contributed by atoms with E-state index in [-0.39, 0.29) is 17.3 Å². The van der Waals surface area contributed by atoms with Crippen molar-refractivity contribution >= 4 is 23.4 Å². The maximum Gasteiger partial charge on any atom is 0.349 e. The van der Waals surface area contributed by atoms with Crippen molar-refractivity contribution in [3.8, 4) is 0 Å². The van der Waals surface area contributed by atoms with E-state index < -0.39 is 11.8 Å². The van der Waals surface area contributed by atoms with Crippen molar-refractivity contribution in [1.29, 1.82) is 0 Å². The second-order valence-electron chi connectivity index (χ2n) is 2.47. The molecule has 0 unspecified atom stereocenters. The Labute approximate surface area is 89.7 Å². The number of oxime groups is 1. The second kappa shape index (κ2) is 5.26. The van der Waals surface area contributed by atoms with Crippen molar-refractivity contribution in [2.24, 2.45) is 10.9 Å². The Morgan fingerprint density at radius 2 is 2.40 bits per heavy atom. The molecule has 2 N–H and O–H groups in total. The molecule has 0 saturated carbocycles. The number of carbonyl (C=O) groups is 1. The van der Waals surface area contributed by atoms with Gasteiger partial charge in [-0.25, -0.2) is 9.18 Å². The maximum absolute atomic E-state index is 12.7. The van der Waals surface area contributed by atoms with Gasteiger partial charge in [0.1, 0.15) is 11.7 Å². The van der Waals surface area contributed by atoms with Gasteiger partial charge in [0.15, 0.2) is 5.84 Å². The third-order valence-electron chi connectivity index (χ3n) is 1.36. The van der Waals surface area contributed by atoms with E-state index in [1.807, 2.05) is 0 Å². The van der Waals surface area contributed by atoms with Crippen LogP contribution in [0.1, 0.15) is 5.56 Å². The maximum atomic E-state index is 12.7. The number of pyridine rings is 1. The van der Waals surface area contributed by atoms with Crippen LogP contribution in [0.5, 0.6) is 0 Å². The normalized spacial score (nSPS) is 11.2. The molecule has 80 valence electrons. The first-order chi connectivity index (χ1) is 7.13. The number of nitrogens with zero attached hydrogens (tertiary/aromatic N) is 2. The van der Waals surface area contributed by atoms with Crippen molar-refractivity contribution < 1.29 is 14.0 Å². The summed E-state index contributed by atoms with van der Waals surface area (Å²) < 4.78 is 12.7. The minimum atomic E-state index is -0.746. The summed E-state index contributed by atoms with van der Waals surface area (Å²) >= 11 is 5.15. The summed E-state index contributed by atoms with van der Waals surface area (Å²) in [6.07, 6.45) is 2.30. The number of aromatic nitrogens is 1. The number of halogens is 2. The Kier molecular flexibility index (Phi) is 3.99. The predicted octanol–water partition coefficient (Wildman–Crippen LogP) is 0.623. The molecule has 0 radical (unpaired) electrons. The molecule has 0 aliphatic heterocycles. The van der Waals surface area contributed by atoms with Crippen molar-refractivity contribution in [3.05, 3.63) is 29.8 Å². The minimum Gasteiger partial charge on any atom is -0.380 e. The molecule has 0 amide bonds. The first kappa shape index (κ1) is 11.4. The highest BCUT2D eigenvalue weighted by molar-refractivity contribution is 6.26. The lowest BCUT2D eigenvalue weighted by molar-refractivity contribution is -0.140. The van der Waals surface area contributed by atoms with Gasteiger partial charge in [-0.15, -0.1) is 11.6 Å². The fourth-order valence-electron chi connectivity index (χ4n) is 0.729. The second-order valence-corrected chi connectivity index (χ2v) is 2.73. The molecular weight excluding hydrogens is 225 g/mol. The average Bonchev–Trinajstić information content (AvgIpc) is 2.25. The van der Waals surface area contributed by atoms with Gasteiger partial charge in [-0.2, -0.15) is 0 Å². The van der Waals surface area contributed by atoms with E-state index in [4.69, 9.17) is 17.3 Å². The summed E-state index contributed by atoms with van der Waals surface area (Å²) in [5, 5.41) is 3.26. The molecule has 0 aliphatic carbocycles. The van der Waals surface area contributed by atoms with Crippen LogP contribution in [-0.4, -0.2) is 22.7 Å². The molecule has 15 heavy (non-hydrogen) atoms. The van der Waals surface area contributed by atoms with Crippen molar-refractivity contribution in [3.63, 3.8) is 0 Å². The van der Waals surface area contributed by atoms with Gasteiger partial charge in [-0.1, -0.05) is 5.16 Å². The van der Waals surface area contributed by atoms with E-state index in [9.17, 15) is 9.18 Å². The van der Waals surface area contributed by atoms with E-state index >= 15 is 0 Å². The number of hydrogen-bond acceptors (Lipinski definition) is 4. The molecule has 0 atom stereocenters. The zero-order valence-electron chi connectivity index (χ0n) is 7.48. The largest absolute Gasteiger partial charge is 0.380 e.